The lowest BCUT2D eigenvalue weighted by Crippen LogP contribution is -2.38. The van der Waals surface area contributed by atoms with E-state index in [4.69, 9.17) is 27.9 Å². The topological polar surface area (TPSA) is 96.8 Å². The molecule has 2 aliphatic heterocycles. The molecule has 0 amide bonds. The van der Waals surface area contributed by atoms with E-state index in [-0.39, 0.29) is 11.5 Å². The van der Waals surface area contributed by atoms with Gasteiger partial charge in [0.2, 0.25) is 5.95 Å². The maximum Gasteiger partial charge on any atom is 0.245 e. The first-order chi connectivity index (χ1) is 13.9. The molecule has 0 spiro atoms. The molecular weight excluding hydrogens is 437 g/mol. The molecule has 29 heavy (non-hydrogen) atoms. The summed E-state index contributed by atoms with van der Waals surface area (Å²) in [5.41, 5.74) is 4.89. The number of nitrogens with one attached hydrogen (secondary N) is 1. The molecule has 0 saturated carbocycles. The minimum Gasteiger partial charge on any atom is -0.378 e. The zero-order valence-electron chi connectivity index (χ0n) is 15.4. The molecule has 0 bridgehead atoms. The molecule has 1 N–H and O–H groups in total. The van der Waals surface area contributed by atoms with Crippen molar-refractivity contribution in [3.8, 4) is 0 Å². The van der Waals surface area contributed by atoms with Gasteiger partial charge in [-0.2, -0.15) is 10.1 Å². The Hall–Kier alpha value is -1.94. The smallest absolute Gasteiger partial charge is 0.245 e. The van der Waals surface area contributed by atoms with Gasteiger partial charge in [-0.25, -0.2) is 18.8 Å². The summed E-state index contributed by atoms with van der Waals surface area (Å²) < 4.78 is 29.7. The van der Waals surface area contributed by atoms with Crippen LogP contribution in [0.4, 0.5) is 11.8 Å². The number of hydrogen-bond donors (Lipinski definition) is 1. The molecule has 1 aromatic heterocycles. The van der Waals surface area contributed by atoms with Gasteiger partial charge in [-0.1, -0.05) is 35.3 Å². The lowest BCUT2D eigenvalue weighted by atomic mass is 10.1. The Labute approximate surface area is 178 Å². The van der Waals surface area contributed by atoms with Crippen molar-refractivity contribution in [1.82, 2.24) is 9.97 Å². The van der Waals surface area contributed by atoms with Crippen molar-refractivity contribution in [2.24, 2.45) is 5.10 Å². The van der Waals surface area contributed by atoms with Crippen LogP contribution in [0, 0.1) is 0 Å². The molecular formula is C18H19Cl2N5O3S. The van der Waals surface area contributed by atoms with Crippen molar-refractivity contribution in [3.05, 3.63) is 45.1 Å². The summed E-state index contributed by atoms with van der Waals surface area (Å²) in [7, 11) is -3.15. The number of rotatable bonds is 4. The minimum atomic E-state index is -3.15. The Kier molecular flexibility index (Phi) is 5.91. The fraction of sp³-hybridized carbons (Fsp3) is 0.389. The number of fused-ring (bicyclic) bond motifs is 1. The number of aromatic nitrogens is 2. The van der Waals surface area contributed by atoms with E-state index in [9.17, 15) is 8.42 Å². The first kappa shape index (κ1) is 20.3. The van der Waals surface area contributed by atoms with E-state index in [1.807, 2.05) is 4.90 Å². The van der Waals surface area contributed by atoms with Gasteiger partial charge < -0.3 is 9.64 Å². The Balaban J connectivity index is 1.64. The normalized spacial score (nSPS) is 18.6. The van der Waals surface area contributed by atoms with E-state index in [0.29, 0.717) is 65.7 Å². The number of anilines is 2. The lowest BCUT2D eigenvalue weighted by Gasteiger charge is -2.31. The maximum absolute atomic E-state index is 12.2. The van der Waals surface area contributed by atoms with Gasteiger partial charge in [0, 0.05) is 30.6 Å². The number of morpholine rings is 1. The minimum absolute atomic E-state index is 0.0449. The molecule has 3 heterocycles. The molecule has 0 aliphatic carbocycles. The van der Waals surface area contributed by atoms with Crippen LogP contribution < -0.4 is 10.3 Å². The van der Waals surface area contributed by atoms with Crippen molar-refractivity contribution < 1.29 is 13.2 Å². The first-order valence-corrected chi connectivity index (χ1v) is 11.7. The zero-order chi connectivity index (χ0) is 20.4. The average molecular weight is 456 g/mol. The highest BCUT2D eigenvalue weighted by Crippen LogP contribution is 2.30. The highest BCUT2D eigenvalue weighted by atomic mass is 35.5. The van der Waals surface area contributed by atoms with Gasteiger partial charge in [-0.3, -0.25) is 0 Å². The van der Waals surface area contributed by atoms with Crippen LogP contribution in [0.5, 0.6) is 0 Å². The third kappa shape index (κ3) is 4.63. The number of aryl methyl sites for hydroxylation is 1. The number of halogens is 2. The summed E-state index contributed by atoms with van der Waals surface area (Å²) in [5, 5.41) is 5.02. The van der Waals surface area contributed by atoms with Crippen molar-refractivity contribution in [2.45, 2.75) is 12.2 Å². The number of nitrogens with zero attached hydrogens (tertiary/aromatic N) is 4. The number of ether oxygens (including phenoxy) is 1. The first-order valence-electron chi connectivity index (χ1n) is 9.09. The van der Waals surface area contributed by atoms with E-state index in [2.05, 4.69) is 20.5 Å². The molecule has 11 heteroatoms. The predicted molar refractivity (Wildman–Crippen MR) is 114 cm³/mol. The number of hydrogen-bond acceptors (Lipinski definition) is 8. The molecule has 1 aromatic carbocycles. The van der Waals surface area contributed by atoms with Crippen molar-refractivity contribution in [3.63, 3.8) is 0 Å². The van der Waals surface area contributed by atoms with Crippen molar-refractivity contribution >= 4 is 51.0 Å². The second-order valence-electron chi connectivity index (χ2n) is 6.75. The van der Waals surface area contributed by atoms with Crippen LogP contribution in [0.3, 0.4) is 0 Å². The Bertz CT molecular complexity index is 1060. The van der Waals surface area contributed by atoms with Crippen LogP contribution in [0.25, 0.3) is 0 Å². The molecule has 2 aliphatic rings. The van der Waals surface area contributed by atoms with Crippen LogP contribution in [0.2, 0.25) is 10.0 Å². The van der Waals surface area contributed by atoms with Gasteiger partial charge in [0.15, 0.2) is 9.84 Å². The van der Waals surface area contributed by atoms with E-state index >= 15 is 0 Å². The van der Waals surface area contributed by atoms with Gasteiger partial charge >= 0.3 is 0 Å². The average Bonchev–Trinajstić information content (AvgIpc) is 2.71. The molecule has 4 rings (SSSR count). The molecule has 154 valence electrons. The summed E-state index contributed by atoms with van der Waals surface area (Å²) in [6.07, 6.45) is 1.89. The Morgan fingerprint density at radius 3 is 2.79 bits per heavy atom. The standard InChI is InChI=1S/C18H19Cl2N5O3S/c19-14-3-1-2-12(16(14)20)10-21-24-18-22-15-4-9-29(26,27)11-13(15)17(23-18)25-5-7-28-8-6-25/h1-3,10H,4-9,11H2,(H,22,23,24)/b21-10+. The van der Waals surface area contributed by atoms with Gasteiger partial charge in [0.25, 0.3) is 0 Å². The molecule has 0 unspecified atom stereocenters. The summed E-state index contributed by atoms with van der Waals surface area (Å²) in [5.74, 6) is 0.968. The van der Waals surface area contributed by atoms with Crippen LogP contribution in [-0.4, -0.2) is 56.7 Å². The second-order valence-corrected chi connectivity index (χ2v) is 9.72. The summed E-state index contributed by atoms with van der Waals surface area (Å²) in [6.45, 7) is 2.42. The SMILES string of the molecule is O=S1(=O)CCc2nc(N/N=C/c3cccc(Cl)c3Cl)nc(N3CCOCC3)c2C1. The number of sulfone groups is 1. The summed E-state index contributed by atoms with van der Waals surface area (Å²) >= 11 is 12.2. The van der Waals surface area contributed by atoms with E-state index in [1.54, 1.807) is 18.2 Å². The van der Waals surface area contributed by atoms with Crippen LogP contribution in [0.15, 0.2) is 23.3 Å². The predicted octanol–water partition coefficient (Wildman–Crippen LogP) is 2.54. The van der Waals surface area contributed by atoms with Gasteiger partial charge in [-0.05, 0) is 6.07 Å². The summed E-state index contributed by atoms with van der Waals surface area (Å²) in [4.78, 5) is 11.1. The van der Waals surface area contributed by atoms with Crippen molar-refractivity contribution in [1.29, 1.82) is 0 Å². The maximum atomic E-state index is 12.2. The zero-order valence-corrected chi connectivity index (χ0v) is 17.8. The van der Waals surface area contributed by atoms with Crippen LogP contribution in [0.1, 0.15) is 16.8 Å². The van der Waals surface area contributed by atoms with Gasteiger partial charge in [0.1, 0.15) is 5.82 Å². The van der Waals surface area contributed by atoms with E-state index in [1.165, 1.54) is 6.21 Å². The third-order valence-corrected chi connectivity index (χ3v) is 7.13. The Morgan fingerprint density at radius 2 is 2.00 bits per heavy atom. The van der Waals surface area contributed by atoms with Crippen LogP contribution in [-0.2, 0) is 26.7 Å². The van der Waals surface area contributed by atoms with Crippen molar-refractivity contribution in [2.75, 3.05) is 42.4 Å². The fourth-order valence-corrected chi connectivity index (χ4v) is 5.02. The highest BCUT2D eigenvalue weighted by molar-refractivity contribution is 7.90. The third-order valence-electron chi connectivity index (χ3n) is 4.75. The molecule has 8 nitrogen and oxygen atoms in total. The van der Waals surface area contributed by atoms with E-state index < -0.39 is 9.84 Å². The molecule has 1 fully saturated rings. The fourth-order valence-electron chi connectivity index (χ4n) is 3.28. The van der Waals surface area contributed by atoms with Gasteiger partial charge in [-0.15, -0.1) is 0 Å². The molecule has 2 aromatic rings. The lowest BCUT2D eigenvalue weighted by molar-refractivity contribution is 0.122. The number of benzene rings is 1. The largest absolute Gasteiger partial charge is 0.378 e. The second kappa shape index (κ2) is 8.43. The monoisotopic (exact) mass is 455 g/mol. The van der Waals surface area contributed by atoms with E-state index in [0.717, 1.165) is 5.69 Å². The van der Waals surface area contributed by atoms with Crippen LogP contribution >= 0.6 is 23.2 Å². The summed E-state index contributed by atoms with van der Waals surface area (Å²) in [6, 6.07) is 5.27. The molecule has 0 radical (unpaired) electrons. The Morgan fingerprint density at radius 1 is 1.21 bits per heavy atom. The number of hydrazone groups is 1. The quantitative estimate of drug-likeness (QED) is 0.558. The highest BCUT2D eigenvalue weighted by Gasteiger charge is 2.29. The molecule has 0 atom stereocenters. The molecule has 1 saturated heterocycles. The van der Waals surface area contributed by atoms with Gasteiger partial charge in [0.05, 0.1) is 46.7 Å².